The highest BCUT2D eigenvalue weighted by Gasteiger charge is 2.39. The molecule has 0 radical (unpaired) electrons. The van der Waals surface area contributed by atoms with Crippen molar-refractivity contribution in [1.29, 1.82) is 0 Å². The van der Waals surface area contributed by atoms with E-state index in [0.29, 0.717) is 11.4 Å². The van der Waals surface area contributed by atoms with Gasteiger partial charge in [0, 0.05) is 10.6 Å². The predicted octanol–water partition coefficient (Wildman–Crippen LogP) is 5.30. The Labute approximate surface area is 176 Å². The highest BCUT2D eigenvalue weighted by atomic mass is 32.2. The molecule has 0 saturated heterocycles. The molecule has 0 unspecified atom stereocenters. The molecule has 8 heteroatoms. The number of methoxy groups -OCH3 is 1. The standard InChI is InChI=1S/C22H18F3NO3S/c1-13-19(21(28)29-2)17(11-14-7-4-5-10-18(14)22(23,24)25)20(27)26(13)15-8-6-9-16(12-15)30-3/h4-12H,1-3H3/b17-11-. The summed E-state index contributed by atoms with van der Waals surface area (Å²) in [5.74, 6) is -1.39. The van der Waals surface area contributed by atoms with Crippen molar-refractivity contribution in [2.24, 2.45) is 0 Å². The fourth-order valence-electron chi connectivity index (χ4n) is 3.28. The molecule has 0 spiro atoms. The fourth-order valence-corrected chi connectivity index (χ4v) is 3.73. The second-order valence-corrected chi connectivity index (χ2v) is 7.32. The predicted molar refractivity (Wildman–Crippen MR) is 110 cm³/mol. The number of halogens is 3. The van der Waals surface area contributed by atoms with Crippen LogP contribution < -0.4 is 4.90 Å². The van der Waals surface area contributed by atoms with Gasteiger partial charge in [0.25, 0.3) is 5.91 Å². The molecule has 1 aliphatic heterocycles. The van der Waals surface area contributed by atoms with E-state index < -0.39 is 23.6 Å². The zero-order valence-corrected chi connectivity index (χ0v) is 17.2. The van der Waals surface area contributed by atoms with Crippen molar-refractivity contribution >= 4 is 35.4 Å². The quantitative estimate of drug-likeness (QED) is 0.373. The lowest BCUT2D eigenvalue weighted by Crippen LogP contribution is -2.24. The first-order chi connectivity index (χ1) is 14.2. The lowest BCUT2D eigenvalue weighted by atomic mass is 10.00. The minimum atomic E-state index is -4.61. The molecule has 30 heavy (non-hydrogen) atoms. The molecular formula is C22H18F3NO3S. The van der Waals surface area contributed by atoms with Crippen LogP contribution in [0.4, 0.5) is 18.9 Å². The second-order valence-electron chi connectivity index (χ2n) is 6.44. The third-order valence-corrected chi connectivity index (χ3v) is 5.39. The maximum absolute atomic E-state index is 13.4. The number of allylic oxidation sites excluding steroid dienone is 1. The van der Waals surface area contributed by atoms with E-state index in [4.69, 9.17) is 4.74 Å². The van der Waals surface area contributed by atoms with Gasteiger partial charge in [-0.15, -0.1) is 11.8 Å². The summed E-state index contributed by atoms with van der Waals surface area (Å²) in [4.78, 5) is 27.9. The van der Waals surface area contributed by atoms with Crippen molar-refractivity contribution in [1.82, 2.24) is 0 Å². The number of anilines is 1. The minimum Gasteiger partial charge on any atom is -0.465 e. The van der Waals surface area contributed by atoms with Crippen molar-refractivity contribution in [2.45, 2.75) is 18.0 Å². The minimum absolute atomic E-state index is 0.0611. The topological polar surface area (TPSA) is 46.6 Å². The molecule has 0 N–H and O–H groups in total. The van der Waals surface area contributed by atoms with Gasteiger partial charge in [-0.05, 0) is 49.1 Å². The number of nitrogens with zero attached hydrogens (tertiary/aromatic N) is 1. The van der Waals surface area contributed by atoms with Gasteiger partial charge in [0.1, 0.15) is 0 Å². The zero-order valence-electron chi connectivity index (χ0n) is 16.4. The molecule has 3 rings (SSSR count). The summed E-state index contributed by atoms with van der Waals surface area (Å²) in [7, 11) is 1.16. The summed E-state index contributed by atoms with van der Waals surface area (Å²) in [6.07, 6.45) is -1.63. The van der Waals surface area contributed by atoms with E-state index in [1.54, 1.807) is 25.1 Å². The summed E-state index contributed by atoms with van der Waals surface area (Å²) in [5, 5.41) is 0. The first-order valence-electron chi connectivity index (χ1n) is 8.85. The van der Waals surface area contributed by atoms with Crippen molar-refractivity contribution in [2.75, 3.05) is 18.3 Å². The molecule has 0 bridgehead atoms. The Kier molecular flexibility index (Phi) is 6.07. The molecule has 0 atom stereocenters. The van der Waals surface area contributed by atoms with Gasteiger partial charge in [-0.3, -0.25) is 9.69 Å². The van der Waals surface area contributed by atoms with Gasteiger partial charge < -0.3 is 4.74 Å². The van der Waals surface area contributed by atoms with E-state index in [0.717, 1.165) is 24.1 Å². The molecule has 0 aromatic heterocycles. The Balaban J connectivity index is 2.19. The zero-order chi connectivity index (χ0) is 22.1. The Morgan fingerprint density at radius 1 is 1.13 bits per heavy atom. The molecule has 2 aromatic rings. The number of ether oxygens (including phenoxy) is 1. The largest absolute Gasteiger partial charge is 0.465 e. The molecule has 1 amide bonds. The molecule has 156 valence electrons. The number of esters is 1. The van der Waals surface area contributed by atoms with E-state index in [-0.39, 0.29) is 16.7 Å². The molecule has 0 saturated carbocycles. The summed E-state index contributed by atoms with van der Waals surface area (Å²) in [6.45, 7) is 1.56. The van der Waals surface area contributed by atoms with Gasteiger partial charge in [0.15, 0.2) is 0 Å². The summed E-state index contributed by atoms with van der Waals surface area (Å²) in [5.41, 5.74) is -0.504. The number of rotatable bonds is 4. The van der Waals surface area contributed by atoms with Gasteiger partial charge >= 0.3 is 12.1 Å². The van der Waals surface area contributed by atoms with Crippen LogP contribution in [0.5, 0.6) is 0 Å². The van der Waals surface area contributed by atoms with Crippen LogP contribution in [0.3, 0.4) is 0 Å². The van der Waals surface area contributed by atoms with Crippen LogP contribution in [-0.4, -0.2) is 25.2 Å². The van der Waals surface area contributed by atoms with Crippen LogP contribution in [0.25, 0.3) is 6.08 Å². The van der Waals surface area contributed by atoms with Gasteiger partial charge in [-0.2, -0.15) is 13.2 Å². The molecule has 0 aliphatic carbocycles. The summed E-state index contributed by atoms with van der Waals surface area (Å²) >= 11 is 1.48. The van der Waals surface area contributed by atoms with Crippen LogP contribution in [0.2, 0.25) is 0 Å². The fraction of sp³-hybridized carbons (Fsp3) is 0.182. The average Bonchev–Trinajstić information content (AvgIpc) is 2.96. The molecule has 1 aliphatic rings. The number of hydrogen-bond acceptors (Lipinski definition) is 4. The van der Waals surface area contributed by atoms with Gasteiger partial charge in [-0.25, -0.2) is 4.79 Å². The average molecular weight is 433 g/mol. The Bertz CT molecular complexity index is 1070. The Hall–Kier alpha value is -3.00. The maximum atomic E-state index is 13.4. The van der Waals surface area contributed by atoms with E-state index in [1.165, 1.54) is 34.9 Å². The molecule has 1 heterocycles. The number of amides is 1. The van der Waals surface area contributed by atoms with Crippen molar-refractivity contribution in [3.63, 3.8) is 0 Å². The van der Waals surface area contributed by atoms with Crippen molar-refractivity contribution < 1.29 is 27.5 Å². The Morgan fingerprint density at radius 2 is 1.83 bits per heavy atom. The van der Waals surface area contributed by atoms with Crippen molar-refractivity contribution in [3.05, 3.63) is 76.5 Å². The molecule has 0 fully saturated rings. The summed E-state index contributed by atoms with van der Waals surface area (Å²) in [6, 6.07) is 12.0. The molecule has 2 aromatic carbocycles. The maximum Gasteiger partial charge on any atom is 0.416 e. The summed E-state index contributed by atoms with van der Waals surface area (Å²) < 4.78 is 45.0. The van der Waals surface area contributed by atoms with Crippen LogP contribution in [0.1, 0.15) is 18.1 Å². The van der Waals surface area contributed by atoms with Gasteiger partial charge in [-0.1, -0.05) is 24.3 Å². The highest BCUT2D eigenvalue weighted by molar-refractivity contribution is 7.98. The van der Waals surface area contributed by atoms with Crippen LogP contribution in [0, 0.1) is 0 Å². The van der Waals surface area contributed by atoms with Crippen LogP contribution >= 0.6 is 11.8 Å². The van der Waals surface area contributed by atoms with E-state index in [9.17, 15) is 22.8 Å². The number of carbonyl (C=O) groups excluding carboxylic acids is 2. The Morgan fingerprint density at radius 3 is 2.47 bits per heavy atom. The second kappa shape index (κ2) is 8.39. The van der Waals surface area contributed by atoms with E-state index >= 15 is 0 Å². The lowest BCUT2D eigenvalue weighted by Gasteiger charge is -2.18. The number of alkyl halides is 3. The smallest absolute Gasteiger partial charge is 0.416 e. The van der Waals surface area contributed by atoms with Crippen LogP contribution in [-0.2, 0) is 20.5 Å². The van der Waals surface area contributed by atoms with E-state index in [1.807, 2.05) is 12.3 Å². The highest BCUT2D eigenvalue weighted by Crippen LogP contribution is 2.38. The SMILES string of the molecule is COC(=O)C1=C(C)N(c2cccc(SC)c2)C(=O)/C1=C\c1ccccc1C(F)(F)F. The third-order valence-electron chi connectivity index (χ3n) is 4.67. The normalized spacial score (nSPS) is 15.9. The van der Waals surface area contributed by atoms with Crippen LogP contribution in [0.15, 0.2) is 70.3 Å². The number of carbonyl (C=O) groups is 2. The lowest BCUT2D eigenvalue weighted by molar-refractivity contribution is -0.138. The number of hydrogen-bond donors (Lipinski definition) is 0. The molecular weight excluding hydrogens is 415 g/mol. The van der Waals surface area contributed by atoms with Gasteiger partial charge in [0.2, 0.25) is 0 Å². The first kappa shape index (κ1) is 21.7. The van der Waals surface area contributed by atoms with E-state index in [2.05, 4.69) is 0 Å². The molecule has 4 nitrogen and oxygen atoms in total. The monoisotopic (exact) mass is 433 g/mol. The van der Waals surface area contributed by atoms with Crippen molar-refractivity contribution in [3.8, 4) is 0 Å². The van der Waals surface area contributed by atoms with Gasteiger partial charge in [0.05, 0.1) is 29.5 Å². The first-order valence-corrected chi connectivity index (χ1v) is 10.1. The number of benzene rings is 2. The number of thioether (sulfide) groups is 1. The third kappa shape index (κ3) is 4.00.